The molecule has 37 heavy (non-hydrogen) atoms. The summed E-state index contributed by atoms with van der Waals surface area (Å²) in [6, 6.07) is 7.15. The normalized spacial score (nSPS) is 20.9. The SMILES string of the molecule is ClC1=C(Cl)C(Cl)C[C]([Ga-]([C]2=CC(Cl)=C(Cl)C(Cl)C2)([c]2cc(Cl)c(Cl)c(Cl)c2)[c]2cc(Cl)c(Cl)c(Cl)c2)=C1. The van der Waals surface area contributed by atoms with Crippen LogP contribution in [0.25, 0.3) is 0 Å². The van der Waals surface area contributed by atoms with Gasteiger partial charge in [0.1, 0.15) is 0 Å². The molecule has 0 bridgehead atoms. The second-order valence-corrected chi connectivity index (χ2v) is 23.2. The number of rotatable bonds is 4. The summed E-state index contributed by atoms with van der Waals surface area (Å²) in [5, 5.41) is 1.70. The first kappa shape index (κ1) is 31.5. The molecule has 0 heterocycles. The van der Waals surface area contributed by atoms with Crippen molar-refractivity contribution in [1.29, 1.82) is 0 Å². The van der Waals surface area contributed by atoms with E-state index in [9.17, 15) is 0 Å². The Morgan fingerprint density at radius 2 is 0.811 bits per heavy atom. The summed E-state index contributed by atoms with van der Waals surface area (Å²) in [5.74, 6) is 0. The van der Waals surface area contributed by atoms with E-state index < -0.39 is 25.8 Å². The number of allylic oxidation sites excluding steroid dienone is 8. The van der Waals surface area contributed by atoms with Crippen LogP contribution in [0.2, 0.25) is 30.1 Å². The van der Waals surface area contributed by atoms with Crippen LogP contribution in [0.3, 0.4) is 0 Å². The molecule has 0 saturated heterocycles. The minimum absolute atomic E-state index is 0.223. The molecule has 0 radical (unpaired) electrons. The molecule has 2 atom stereocenters. The van der Waals surface area contributed by atoms with E-state index >= 15 is 0 Å². The van der Waals surface area contributed by atoms with Crippen molar-refractivity contribution >= 4 is 162 Å². The predicted molar refractivity (Wildman–Crippen MR) is 170 cm³/mol. The molecule has 2 aliphatic rings. The molecule has 0 nitrogen and oxygen atoms in total. The fraction of sp³-hybridized carbons (Fsp3) is 0.167. The van der Waals surface area contributed by atoms with Gasteiger partial charge >= 0.3 is 281 Å². The van der Waals surface area contributed by atoms with Crippen molar-refractivity contribution in [1.82, 2.24) is 0 Å². The van der Waals surface area contributed by atoms with Crippen molar-refractivity contribution < 1.29 is 0 Å². The Balaban J connectivity index is 2.23. The average molecular weight is 796 g/mol. The average Bonchev–Trinajstić information content (AvgIpc) is 2.83. The second-order valence-electron chi connectivity index (χ2n) is 8.64. The first-order chi connectivity index (χ1) is 17.3. The molecule has 196 valence electrons. The number of halogens is 12. The Bertz CT molecular complexity index is 1270. The zero-order valence-corrected chi connectivity index (χ0v) is 29.6. The van der Waals surface area contributed by atoms with Gasteiger partial charge < -0.3 is 0 Å². The maximum atomic E-state index is 6.70. The van der Waals surface area contributed by atoms with Crippen molar-refractivity contribution in [3.05, 3.63) is 94.9 Å². The van der Waals surface area contributed by atoms with Crippen LogP contribution in [0.15, 0.2) is 64.8 Å². The van der Waals surface area contributed by atoms with Gasteiger partial charge in [-0.15, -0.1) is 0 Å². The Kier molecular flexibility index (Phi) is 10.5. The maximum absolute atomic E-state index is 6.70. The second kappa shape index (κ2) is 12.4. The van der Waals surface area contributed by atoms with Gasteiger partial charge in [0, 0.05) is 0 Å². The fourth-order valence-corrected chi connectivity index (χ4v) is 22.8. The number of hydrogen-bond acceptors (Lipinski definition) is 0. The van der Waals surface area contributed by atoms with E-state index in [-0.39, 0.29) is 30.1 Å². The molecule has 4 rings (SSSR count). The summed E-state index contributed by atoms with van der Waals surface area (Å²) in [6.45, 7) is 0. The van der Waals surface area contributed by atoms with Gasteiger partial charge in [0.15, 0.2) is 0 Å². The first-order valence-electron chi connectivity index (χ1n) is 10.5. The standard InChI is InChI=1S/2C6H4Cl3.2C6H2Cl3.Ga/c4*7-4-2-1-3-5(8)6(4)9;/h2*2,5H,3H2;2*2-3H;/q;;;;-1. The number of benzene rings is 2. The van der Waals surface area contributed by atoms with Gasteiger partial charge in [-0.05, 0) is 0 Å². The van der Waals surface area contributed by atoms with Crippen molar-refractivity contribution in [3.8, 4) is 0 Å². The Morgan fingerprint density at radius 1 is 0.514 bits per heavy atom. The molecule has 2 aromatic carbocycles. The minimum atomic E-state index is -4.42. The fourth-order valence-electron chi connectivity index (χ4n) is 5.01. The van der Waals surface area contributed by atoms with Gasteiger partial charge in [0.05, 0.1) is 0 Å². The third-order valence-electron chi connectivity index (χ3n) is 6.59. The van der Waals surface area contributed by atoms with E-state index in [1.54, 1.807) is 24.3 Å². The van der Waals surface area contributed by atoms with Crippen LogP contribution >= 0.6 is 139 Å². The molecular weight excluding hydrogens is 783 g/mol. The molecule has 2 aliphatic carbocycles. The van der Waals surface area contributed by atoms with Gasteiger partial charge in [0.2, 0.25) is 0 Å². The van der Waals surface area contributed by atoms with Crippen LogP contribution in [0.4, 0.5) is 0 Å². The van der Waals surface area contributed by atoms with Gasteiger partial charge in [-0.1, -0.05) is 0 Å². The molecular formula is C24H12Cl12Ga-. The third-order valence-corrected chi connectivity index (χ3v) is 23.7. The van der Waals surface area contributed by atoms with E-state index in [1.165, 1.54) is 0 Å². The molecule has 0 aromatic heterocycles. The van der Waals surface area contributed by atoms with E-state index in [0.29, 0.717) is 33.0 Å². The van der Waals surface area contributed by atoms with Crippen LogP contribution in [-0.2, 0) is 0 Å². The topological polar surface area (TPSA) is 0 Å². The molecule has 0 fully saturated rings. The molecule has 2 unspecified atom stereocenters. The van der Waals surface area contributed by atoms with Crippen LogP contribution in [-0.4, -0.2) is 25.8 Å². The zero-order chi connectivity index (χ0) is 27.4. The van der Waals surface area contributed by atoms with E-state index in [4.69, 9.17) is 139 Å². The Hall–Kier alpha value is 1.52. The van der Waals surface area contributed by atoms with E-state index in [0.717, 1.165) is 16.5 Å². The first-order valence-corrected chi connectivity index (χ1v) is 20.0. The Labute approximate surface area is 277 Å². The van der Waals surface area contributed by atoms with Crippen molar-refractivity contribution in [2.24, 2.45) is 0 Å². The van der Waals surface area contributed by atoms with Crippen LogP contribution < -0.4 is 8.24 Å². The van der Waals surface area contributed by atoms with Gasteiger partial charge in [-0.25, -0.2) is 0 Å². The summed E-state index contributed by atoms with van der Waals surface area (Å²) in [6.07, 6.45) is 4.42. The van der Waals surface area contributed by atoms with Crippen LogP contribution in [0.1, 0.15) is 12.8 Å². The zero-order valence-electron chi connectivity index (χ0n) is 18.1. The molecule has 13 heteroatoms. The summed E-state index contributed by atoms with van der Waals surface area (Å²) < 4.78 is 3.48. The summed E-state index contributed by atoms with van der Waals surface area (Å²) in [5.41, 5.74) is 0. The third kappa shape index (κ3) is 5.91. The monoisotopic (exact) mass is 789 g/mol. The molecule has 0 amide bonds. The molecule has 0 N–H and O–H groups in total. The summed E-state index contributed by atoms with van der Waals surface area (Å²) >= 11 is 74.0. The predicted octanol–water partition coefficient (Wildman–Crippen LogP) is 11.5. The van der Waals surface area contributed by atoms with Crippen molar-refractivity contribution in [3.63, 3.8) is 0 Å². The van der Waals surface area contributed by atoms with Crippen LogP contribution in [0.5, 0.6) is 0 Å². The molecule has 2 aromatic rings. The van der Waals surface area contributed by atoms with E-state index in [1.807, 2.05) is 12.2 Å². The molecule has 0 spiro atoms. The van der Waals surface area contributed by atoms with Crippen molar-refractivity contribution in [2.75, 3.05) is 0 Å². The molecule has 0 saturated carbocycles. The van der Waals surface area contributed by atoms with Gasteiger partial charge in [-0.2, -0.15) is 0 Å². The van der Waals surface area contributed by atoms with Gasteiger partial charge in [0.25, 0.3) is 0 Å². The molecule has 0 aliphatic heterocycles. The summed E-state index contributed by atoms with van der Waals surface area (Å²) in [4.78, 5) is 0. The quantitative estimate of drug-likeness (QED) is 0.164. The van der Waals surface area contributed by atoms with Crippen LogP contribution in [0, 0.1) is 0 Å². The summed E-state index contributed by atoms with van der Waals surface area (Å²) in [7, 11) is 0. The van der Waals surface area contributed by atoms with E-state index in [2.05, 4.69) is 0 Å². The van der Waals surface area contributed by atoms with Crippen molar-refractivity contribution in [2.45, 2.75) is 23.6 Å². The van der Waals surface area contributed by atoms with Gasteiger partial charge in [-0.3, -0.25) is 0 Å². The Morgan fingerprint density at radius 3 is 1.08 bits per heavy atom. The number of alkyl halides is 2. The number of hydrogen-bond donors (Lipinski definition) is 0.